The first kappa shape index (κ1) is 16.8. The zero-order chi connectivity index (χ0) is 15.3. The van der Waals surface area contributed by atoms with Gasteiger partial charge < -0.3 is 20.4 Å². The van der Waals surface area contributed by atoms with E-state index in [4.69, 9.17) is 5.11 Å². The molecule has 0 aromatic carbocycles. The van der Waals surface area contributed by atoms with Gasteiger partial charge in [0.1, 0.15) is 0 Å². The van der Waals surface area contributed by atoms with Crippen molar-refractivity contribution in [1.29, 1.82) is 0 Å². The Morgan fingerprint density at radius 1 is 1.30 bits per heavy atom. The highest BCUT2D eigenvalue weighted by Gasteiger charge is 2.30. The minimum Gasteiger partial charge on any atom is -0.481 e. The first-order valence-corrected chi connectivity index (χ1v) is 7.26. The third-order valence-corrected chi connectivity index (χ3v) is 4.11. The topological polar surface area (TPSA) is 89.9 Å². The second-order valence-electron chi connectivity index (χ2n) is 5.90. The molecule has 0 aliphatic heterocycles. The summed E-state index contributed by atoms with van der Waals surface area (Å²) in [4.78, 5) is 24.6. The van der Waals surface area contributed by atoms with Crippen LogP contribution >= 0.6 is 0 Å². The van der Waals surface area contributed by atoms with E-state index >= 15 is 0 Å². The molecule has 0 bridgehead atoms. The molecule has 116 valence electrons. The van der Waals surface area contributed by atoms with Crippen molar-refractivity contribution in [3.05, 3.63) is 0 Å². The van der Waals surface area contributed by atoms with Crippen molar-refractivity contribution >= 4 is 12.0 Å². The molecule has 0 aromatic heterocycles. The Hall–Kier alpha value is -1.30. The van der Waals surface area contributed by atoms with Crippen LogP contribution in [0, 0.1) is 11.8 Å². The molecule has 1 rings (SSSR count). The third-order valence-electron chi connectivity index (χ3n) is 4.11. The number of carbonyl (C=O) groups excluding carboxylic acids is 1. The number of rotatable bonds is 5. The quantitative estimate of drug-likeness (QED) is 0.710. The molecule has 1 fully saturated rings. The Labute approximate surface area is 120 Å². The standard InChI is InChI=1S/C14H26N2O4/c1-9(2)10(13(18)19)8-15-14(20)16(3)11-6-4-5-7-12(11)17/h9-12,17H,4-8H2,1-3H3,(H,15,20)(H,18,19). The number of aliphatic carboxylic acids is 1. The van der Waals surface area contributed by atoms with Crippen LogP contribution in [-0.2, 0) is 4.79 Å². The first-order valence-electron chi connectivity index (χ1n) is 7.26. The minimum absolute atomic E-state index is 0.0432. The maximum Gasteiger partial charge on any atom is 0.317 e. The Kier molecular flexibility index (Phi) is 6.26. The van der Waals surface area contributed by atoms with E-state index in [-0.39, 0.29) is 24.5 Å². The molecule has 20 heavy (non-hydrogen) atoms. The van der Waals surface area contributed by atoms with Crippen molar-refractivity contribution in [2.75, 3.05) is 13.6 Å². The molecular weight excluding hydrogens is 260 g/mol. The number of aliphatic hydroxyl groups excluding tert-OH is 1. The van der Waals surface area contributed by atoms with Crippen LogP contribution < -0.4 is 5.32 Å². The van der Waals surface area contributed by atoms with Gasteiger partial charge in [-0.3, -0.25) is 4.79 Å². The van der Waals surface area contributed by atoms with Gasteiger partial charge in [-0.25, -0.2) is 4.79 Å². The summed E-state index contributed by atoms with van der Waals surface area (Å²) in [5.74, 6) is -1.54. The monoisotopic (exact) mass is 286 g/mol. The summed E-state index contributed by atoms with van der Waals surface area (Å²) in [6.07, 6.45) is 3.01. The molecule has 0 radical (unpaired) electrons. The molecule has 6 nitrogen and oxygen atoms in total. The maximum atomic E-state index is 12.0. The highest BCUT2D eigenvalue weighted by atomic mass is 16.4. The lowest BCUT2D eigenvalue weighted by Crippen LogP contribution is -2.51. The average molecular weight is 286 g/mol. The zero-order valence-corrected chi connectivity index (χ0v) is 12.5. The van der Waals surface area contributed by atoms with Crippen molar-refractivity contribution < 1.29 is 19.8 Å². The molecule has 1 aliphatic rings. The lowest BCUT2D eigenvalue weighted by molar-refractivity contribution is -0.142. The molecule has 6 heteroatoms. The normalized spacial score (nSPS) is 24.2. The molecule has 0 aromatic rings. The summed E-state index contributed by atoms with van der Waals surface area (Å²) in [6, 6.07) is -0.492. The Bertz CT molecular complexity index is 346. The van der Waals surface area contributed by atoms with Crippen molar-refractivity contribution in [2.45, 2.75) is 51.7 Å². The van der Waals surface area contributed by atoms with Gasteiger partial charge in [-0.05, 0) is 18.8 Å². The highest BCUT2D eigenvalue weighted by molar-refractivity contribution is 5.76. The van der Waals surface area contributed by atoms with E-state index in [9.17, 15) is 14.7 Å². The van der Waals surface area contributed by atoms with Crippen LogP contribution in [0.25, 0.3) is 0 Å². The minimum atomic E-state index is -0.902. The van der Waals surface area contributed by atoms with E-state index in [1.165, 1.54) is 4.90 Å². The number of urea groups is 1. The zero-order valence-electron chi connectivity index (χ0n) is 12.5. The number of amides is 2. The van der Waals surface area contributed by atoms with Gasteiger partial charge in [-0.15, -0.1) is 0 Å². The maximum absolute atomic E-state index is 12.0. The third kappa shape index (κ3) is 4.37. The van der Waals surface area contributed by atoms with E-state index in [0.717, 1.165) is 19.3 Å². The van der Waals surface area contributed by atoms with Gasteiger partial charge in [-0.2, -0.15) is 0 Å². The van der Waals surface area contributed by atoms with E-state index in [1.807, 2.05) is 13.8 Å². The summed E-state index contributed by atoms with van der Waals surface area (Å²) in [5, 5.41) is 21.7. The predicted octanol–water partition coefficient (Wildman–Crippen LogP) is 1.29. The van der Waals surface area contributed by atoms with E-state index in [0.29, 0.717) is 6.42 Å². The number of carbonyl (C=O) groups is 2. The number of carboxylic acid groups (broad SMARTS) is 1. The van der Waals surface area contributed by atoms with Crippen LogP contribution in [0.15, 0.2) is 0 Å². The fourth-order valence-corrected chi connectivity index (χ4v) is 2.62. The molecule has 0 heterocycles. The van der Waals surface area contributed by atoms with Gasteiger partial charge in [0.15, 0.2) is 0 Å². The fraction of sp³-hybridized carbons (Fsp3) is 0.857. The van der Waals surface area contributed by atoms with Gasteiger partial charge in [0.05, 0.1) is 18.1 Å². The Balaban J connectivity index is 2.50. The number of nitrogens with one attached hydrogen (secondary N) is 1. The number of nitrogens with zero attached hydrogens (tertiary/aromatic N) is 1. The van der Waals surface area contributed by atoms with Crippen LogP contribution in [-0.4, -0.2) is 52.9 Å². The second-order valence-corrected chi connectivity index (χ2v) is 5.90. The molecule has 2 amide bonds. The van der Waals surface area contributed by atoms with Crippen LogP contribution in [0.3, 0.4) is 0 Å². The first-order chi connectivity index (χ1) is 9.34. The van der Waals surface area contributed by atoms with Gasteiger partial charge in [0, 0.05) is 13.6 Å². The Morgan fingerprint density at radius 2 is 1.90 bits per heavy atom. The fourth-order valence-electron chi connectivity index (χ4n) is 2.62. The lowest BCUT2D eigenvalue weighted by atomic mass is 9.92. The van der Waals surface area contributed by atoms with Crippen molar-refractivity contribution in [3.63, 3.8) is 0 Å². The van der Waals surface area contributed by atoms with Crippen molar-refractivity contribution in [2.24, 2.45) is 11.8 Å². The number of hydrogen-bond acceptors (Lipinski definition) is 3. The van der Waals surface area contributed by atoms with Gasteiger partial charge in [0.25, 0.3) is 0 Å². The molecule has 3 N–H and O–H groups in total. The summed E-state index contributed by atoms with van der Waals surface area (Å²) in [7, 11) is 1.65. The van der Waals surface area contributed by atoms with Gasteiger partial charge in [-0.1, -0.05) is 26.7 Å². The van der Waals surface area contributed by atoms with Crippen LogP contribution in [0.1, 0.15) is 39.5 Å². The smallest absolute Gasteiger partial charge is 0.317 e. The second kappa shape index (κ2) is 7.47. The van der Waals surface area contributed by atoms with Crippen LogP contribution in [0.5, 0.6) is 0 Å². The van der Waals surface area contributed by atoms with E-state index < -0.39 is 18.0 Å². The van der Waals surface area contributed by atoms with E-state index in [1.54, 1.807) is 7.05 Å². The number of hydrogen-bond donors (Lipinski definition) is 3. The molecule has 3 unspecified atom stereocenters. The van der Waals surface area contributed by atoms with Gasteiger partial charge in [0.2, 0.25) is 0 Å². The average Bonchev–Trinajstić information content (AvgIpc) is 2.37. The summed E-state index contributed by atoms with van der Waals surface area (Å²) < 4.78 is 0. The molecule has 0 spiro atoms. The number of aliphatic hydroxyl groups is 1. The van der Waals surface area contributed by atoms with E-state index in [2.05, 4.69) is 5.32 Å². The SMILES string of the molecule is CC(C)C(CNC(=O)N(C)C1CCCCC1O)C(=O)O. The van der Waals surface area contributed by atoms with Crippen molar-refractivity contribution in [3.8, 4) is 0 Å². The van der Waals surface area contributed by atoms with Crippen LogP contribution in [0.4, 0.5) is 4.79 Å². The van der Waals surface area contributed by atoms with Crippen molar-refractivity contribution in [1.82, 2.24) is 10.2 Å². The number of carboxylic acids is 1. The molecule has 3 atom stereocenters. The van der Waals surface area contributed by atoms with Crippen LogP contribution in [0.2, 0.25) is 0 Å². The molecule has 0 saturated heterocycles. The molecule has 1 saturated carbocycles. The largest absolute Gasteiger partial charge is 0.481 e. The molecular formula is C14H26N2O4. The van der Waals surface area contributed by atoms with Gasteiger partial charge >= 0.3 is 12.0 Å². The Morgan fingerprint density at radius 3 is 2.40 bits per heavy atom. The number of likely N-dealkylation sites (N-methyl/N-ethyl adjacent to an activating group) is 1. The summed E-state index contributed by atoms with van der Waals surface area (Å²) in [6.45, 7) is 3.75. The summed E-state index contributed by atoms with van der Waals surface area (Å²) in [5.41, 5.74) is 0. The summed E-state index contributed by atoms with van der Waals surface area (Å²) >= 11 is 0. The highest BCUT2D eigenvalue weighted by Crippen LogP contribution is 2.22. The lowest BCUT2D eigenvalue weighted by Gasteiger charge is -2.35. The predicted molar refractivity (Wildman–Crippen MR) is 75.4 cm³/mol. The molecule has 1 aliphatic carbocycles.